The smallest absolute Gasteiger partial charge is 0.0340 e. The molecule has 0 aromatic rings. The molecule has 2 fully saturated rings. The summed E-state index contributed by atoms with van der Waals surface area (Å²) < 4.78 is 0. The van der Waals surface area contributed by atoms with E-state index in [9.17, 15) is 0 Å². The highest BCUT2D eigenvalue weighted by Crippen LogP contribution is 2.47. The molecule has 2 saturated carbocycles. The van der Waals surface area contributed by atoms with E-state index in [0.717, 1.165) is 11.8 Å². The average molecular weight is 193 g/mol. The van der Waals surface area contributed by atoms with Crippen LogP contribution in [-0.4, -0.2) is 5.54 Å². The minimum absolute atomic E-state index is 0.0817. The number of nitrogens with two attached hydrogens (primary N) is 1. The molecular weight excluding hydrogens is 170 g/mol. The number of rotatable bonds is 3. The summed E-state index contributed by atoms with van der Waals surface area (Å²) >= 11 is 0. The van der Waals surface area contributed by atoms with E-state index >= 15 is 0 Å². The minimum atomic E-state index is 0.0817. The molecule has 2 aliphatic rings. The van der Waals surface area contributed by atoms with Crippen LogP contribution in [0.3, 0.4) is 0 Å². The molecule has 0 aliphatic heterocycles. The molecule has 0 aromatic carbocycles. The van der Waals surface area contributed by atoms with E-state index in [1.165, 1.54) is 25.7 Å². The number of allylic oxidation sites excluding steroid dienone is 1. The Kier molecular flexibility index (Phi) is 2.26. The Bertz CT molecular complexity index is 238. The van der Waals surface area contributed by atoms with Crippen molar-refractivity contribution in [3.8, 4) is 0 Å². The van der Waals surface area contributed by atoms with Crippen LogP contribution in [0.15, 0.2) is 12.2 Å². The Morgan fingerprint density at radius 2 is 1.86 bits per heavy atom. The largest absolute Gasteiger partial charge is 0.322 e. The summed E-state index contributed by atoms with van der Waals surface area (Å²) in [6, 6.07) is 0. The van der Waals surface area contributed by atoms with Gasteiger partial charge in [0.2, 0.25) is 0 Å². The summed E-state index contributed by atoms with van der Waals surface area (Å²) in [5.41, 5.74) is 6.56. The van der Waals surface area contributed by atoms with Crippen LogP contribution in [0.2, 0.25) is 0 Å². The van der Waals surface area contributed by atoms with Gasteiger partial charge >= 0.3 is 0 Å². The van der Waals surface area contributed by atoms with Crippen molar-refractivity contribution >= 4 is 0 Å². The van der Waals surface area contributed by atoms with Crippen molar-refractivity contribution in [2.45, 2.75) is 52.0 Å². The quantitative estimate of drug-likeness (QED) is 0.685. The van der Waals surface area contributed by atoms with E-state index in [1.807, 2.05) is 0 Å². The summed E-state index contributed by atoms with van der Waals surface area (Å²) in [5, 5.41) is 0. The van der Waals surface area contributed by atoms with E-state index in [4.69, 9.17) is 5.73 Å². The Morgan fingerprint density at radius 1 is 1.29 bits per heavy atom. The van der Waals surface area contributed by atoms with E-state index in [1.54, 1.807) is 0 Å². The highest BCUT2D eigenvalue weighted by atomic mass is 14.8. The monoisotopic (exact) mass is 193 g/mol. The Balaban J connectivity index is 2.00. The van der Waals surface area contributed by atoms with Gasteiger partial charge in [-0.15, -0.1) is 0 Å². The molecular formula is C13H23N. The third-order valence-corrected chi connectivity index (χ3v) is 3.59. The van der Waals surface area contributed by atoms with Crippen LogP contribution in [0.1, 0.15) is 46.5 Å². The third-order valence-electron chi connectivity index (χ3n) is 3.59. The lowest BCUT2D eigenvalue weighted by Crippen LogP contribution is -2.23. The van der Waals surface area contributed by atoms with Crippen molar-refractivity contribution in [3.63, 3.8) is 0 Å². The number of hydrogen-bond acceptors (Lipinski definition) is 1. The zero-order chi connectivity index (χ0) is 10.4. The first kappa shape index (κ1) is 10.2. The van der Waals surface area contributed by atoms with Gasteiger partial charge in [-0.2, -0.15) is 0 Å². The summed E-state index contributed by atoms with van der Waals surface area (Å²) in [6.45, 7) is 7.03. The van der Waals surface area contributed by atoms with Crippen molar-refractivity contribution in [1.82, 2.24) is 0 Å². The molecule has 0 radical (unpaired) electrons. The second-order valence-electron chi connectivity index (χ2n) is 6.32. The van der Waals surface area contributed by atoms with Gasteiger partial charge in [-0.3, -0.25) is 0 Å². The topological polar surface area (TPSA) is 26.0 Å². The van der Waals surface area contributed by atoms with Gasteiger partial charge in [-0.25, -0.2) is 0 Å². The molecule has 2 aliphatic carbocycles. The van der Waals surface area contributed by atoms with E-state index in [-0.39, 0.29) is 5.54 Å². The number of hydrogen-bond donors (Lipinski definition) is 1. The molecule has 1 heteroatoms. The second kappa shape index (κ2) is 3.10. The SMILES string of the molecule is CC(C)(C)C(C=CC1(N)CC1)C1CC1. The molecule has 14 heavy (non-hydrogen) atoms. The molecule has 0 spiro atoms. The fraction of sp³-hybridized carbons (Fsp3) is 0.846. The Labute approximate surface area is 87.8 Å². The molecule has 2 rings (SSSR count). The first-order valence-electron chi connectivity index (χ1n) is 5.89. The molecule has 1 atom stereocenters. The fourth-order valence-electron chi connectivity index (χ4n) is 2.21. The van der Waals surface area contributed by atoms with Gasteiger partial charge in [-0.05, 0) is 42.9 Å². The Morgan fingerprint density at radius 3 is 2.21 bits per heavy atom. The van der Waals surface area contributed by atoms with Crippen LogP contribution >= 0.6 is 0 Å². The highest BCUT2D eigenvalue weighted by molar-refractivity contribution is 5.17. The summed E-state index contributed by atoms with van der Waals surface area (Å²) in [5.74, 6) is 1.68. The van der Waals surface area contributed by atoms with Crippen LogP contribution < -0.4 is 5.73 Å². The highest BCUT2D eigenvalue weighted by Gasteiger charge is 2.39. The average Bonchev–Trinajstić information content (AvgIpc) is 2.86. The van der Waals surface area contributed by atoms with Gasteiger partial charge in [0.1, 0.15) is 0 Å². The maximum Gasteiger partial charge on any atom is 0.0340 e. The third kappa shape index (κ3) is 2.38. The van der Waals surface area contributed by atoms with E-state index < -0.39 is 0 Å². The normalized spacial score (nSPS) is 28.0. The maximum atomic E-state index is 6.07. The van der Waals surface area contributed by atoms with Crippen molar-refractivity contribution < 1.29 is 0 Å². The Hall–Kier alpha value is -0.300. The lowest BCUT2D eigenvalue weighted by molar-refractivity contribution is 0.263. The molecule has 1 unspecified atom stereocenters. The van der Waals surface area contributed by atoms with Crippen LogP contribution in [0.4, 0.5) is 0 Å². The molecule has 80 valence electrons. The molecule has 0 amide bonds. The van der Waals surface area contributed by atoms with Crippen molar-refractivity contribution in [3.05, 3.63) is 12.2 Å². The molecule has 0 aromatic heterocycles. The molecule has 0 heterocycles. The van der Waals surface area contributed by atoms with Crippen LogP contribution in [-0.2, 0) is 0 Å². The first-order chi connectivity index (χ1) is 6.41. The van der Waals surface area contributed by atoms with Gasteiger partial charge in [0.15, 0.2) is 0 Å². The van der Waals surface area contributed by atoms with Gasteiger partial charge in [0, 0.05) is 5.54 Å². The molecule has 0 bridgehead atoms. The predicted molar refractivity (Wildman–Crippen MR) is 61.0 cm³/mol. The van der Waals surface area contributed by atoms with Crippen LogP contribution in [0.25, 0.3) is 0 Å². The fourth-order valence-corrected chi connectivity index (χ4v) is 2.21. The van der Waals surface area contributed by atoms with Crippen LogP contribution in [0.5, 0.6) is 0 Å². The molecule has 1 nitrogen and oxygen atoms in total. The van der Waals surface area contributed by atoms with Gasteiger partial charge in [0.05, 0.1) is 0 Å². The first-order valence-corrected chi connectivity index (χ1v) is 5.89. The van der Waals surface area contributed by atoms with Gasteiger partial charge in [-0.1, -0.05) is 32.9 Å². The predicted octanol–water partition coefficient (Wildman–Crippen LogP) is 3.11. The van der Waals surface area contributed by atoms with Gasteiger partial charge < -0.3 is 5.73 Å². The van der Waals surface area contributed by atoms with Crippen LogP contribution in [0, 0.1) is 17.3 Å². The maximum absolute atomic E-state index is 6.07. The zero-order valence-corrected chi connectivity index (χ0v) is 9.72. The summed E-state index contributed by atoms with van der Waals surface area (Å²) in [6.07, 6.45) is 9.90. The lowest BCUT2D eigenvalue weighted by Gasteiger charge is -2.28. The molecule has 0 saturated heterocycles. The van der Waals surface area contributed by atoms with Crippen molar-refractivity contribution in [2.75, 3.05) is 0 Å². The second-order valence-corrected chi connectivity index (χ2v) is 6.32. The molecule has 2 N–H and O–H groups in total. The zero-order valence-electron chi connectivity index (χ0n) is 9.72. The summed E-state index contributed by atoms with van der Waals surface area (Å²) in [7, 11) is 0. The lowest BCUT2D eigenvalue weighted by atomic mass is 9.77. The minimum Gasteiger partial charge on any atom is -0.322 e. The standard InChI is InChI=1S/C13H23N/c1-12(2,3)11(10-4-5-10)6-7-13(14)8-9-13/h6-7,10-11H,4-5,8-9,14H2,1-3H3. The van der Waals surface area contributed by atoms with E-state index in [2.05, 4.69) is 32.9 Å². The van der Waals surface area contributed by atoms with Gasteiger partial charge in [0.25, 0.3) is 0 Å². The van der Waals surface area contributed by atoms with E-state index in [0.29, 0.717) is 5.41 Å². The summed E-state index contributed by atoms with van der Waals surface area (Å²) in [4.78, 5) is 0. The van der Waals surface area contributed by atoms with Crippen molar-refractivity contribution in [2.24, 2.45) is 23.0 Å². The van der Waals surface area contributed by atoms with Crippen molar-refractivity contribution in [1.29, 1.82) is 0 Å².